The third-order valence-electron chi connectivity index (χ3n) is 8.36. The Hall–Kier alpha value is -4.00. The molecule has 1 aromatic rings. The van der Waals surface area contributed by atoms with Crippen LogP contribution in [0.15, 0.2) is 30.3 Å². The van der Waals surface area contributed by atoms with Crippen LogP contribution in [0, 0.1) is 11.8 Å². The highest BCUT2D eigenvalue weighted by atomic mass is 16.3. The zero-order valence-electron chi connectivity index (χ0n) is 27.7. The average molecular weight is 643 g/mol. The van der Waals surface area contributed by atoms with E-state index in [-0.39, 0.29) is 37.6 Å². The van der Waals surface area contributed by atoms with Gasteiger partial charge in [-0.25, -0.2) is 0 Å². The number of carbonyl (C=O) groups excluding carboxylic acids is 6. The molecule has 13 nitrogen and oxygen atoms in total. The molecular weight excluding hydrogens is 592 g/mol. The van der Waals surface area contributed by atoms with Gasteiger partial charge in [-0.1, -0.05) is 58.0 Å². The zero-order chi connectivity index (χ0) is 34.1. The number of hydrogen-bond donors (Lipinski definition) is 5. The number of rotatable bonds is 7. The number of nitrogens with zero attached hydrogens (tertiary/aromatic N) is 2. The molecule has 0 bridgehead atoms. The third-order valence-corrected chi connectivity index (χ3v) is 8.36. The highest BCUT2D eigenvalue weighted by Gasteiger charge is 2.40. The number of amides is 6. The number of aliphatic hydroxyl groups is 1. The number of benzene rings is 1. The summed E-state index contributed by atoms with van der Waals surface area (Å²) in [5.74, 6) is -3.57. The molecule has 2 fully saturated rings. The molecule has 2 aliphatic heterocycles. The maximum Gasteiger partial charge on any atom is 0.246 e. The van der Waals surface area contributed by atoms with Gasteiger partial charge in [-0.15, -0.1) is 0 Å². The van der Waals surface area contributed by atoms with Crippen molar-refractivity contribution in [1.82, 2.24) is 31.1 Å². The Morgan fingerprint density at radius 1 is 0.783 bits per heavy atom. The van der Waals surface area contributed by atoms with E-state index in [1.165, 1.54) is 18.9 Å². The van der Waals surface area contributed by atoms with Crippen molar-refractivity contribution in [2.24, 2.45) is 11.8 Å². The zero-order valence-corrected chi connectivity index (χ0v) is 27.7. The van der Waals surface area contributed by atoms with Crippen molar-refractivity contribution < 1.29 is 33.9 Å². The molecule has 1 aromatic carbocycles. The maximum absolute atomic E-state index is 13.8. The van der Waals surface area contributed by atoms with E-state index in [0.29, 0.717) is 19.4 Å². The van der Waals surface area contributed by atoms with Crippen LogP contribution < -0.4 is 21.3 Å². The monoisotopic (exact) mass is 642 g/mol. The van der Waals surface area contributed by atoms with E-state index in [1.807, 2.05) is 45.9 Å². The smallest absolute Gasteiger partial charge is 0.246 e. The van der Waals surface area contributed by atoms with E-state index < -0.39 is 71.8 Å². The molecule has 0 radical (unpaired) electrons. The van der Waals surface area contributed by atoms with Crippen molar-refractivity contribution >= 4 is 35.4 Å². The molecule has 6 atom stereocenters. The first-order chi connectivity index (χ1) is 21.7. The topological polar surface area (TPSA) is 177 Å². The van der Waals surface area contributed by atoms with Gasteiger partial charge in [0.1, 0.15) is 30.2 Å². The van der Waals surface area contributed by atoms with Gasteiger partial charge in [0.2, 0.25) is 35.4 Å². The first-order valence-corrected chi connectivity index (χ1v) is 16.2. The normalized spacial score (nSPS) is 26.6. The predicted molar refractivity (Wildman–Crippen MR) is 171 cm³/mol. The lowest BCUT2D eigenvalue weighted by Crippen LogP contribution is -2.62. The Morgan fingerprint density at radius 2 is 1.37 bits per heavy atom. The fraction of sp³-hybridized carbons (Fsp3) is 0.636. The number of carbonyl (C=O) groups is 6. The van der Waals surface area contributed by atoms with E-state index in [1.54, 1.807) is 12.1 Å². The number of aliphatic hydroxyl groups excluding tert-OH is 1. The SMILES string of the molecule is CC(C)C[C@@H]1NC(=O)[C@H]([C@@H](C)O)N(C)C(=O)[C@H](CC(C)C)NC(=O)[C@@H]2CCCN2C(=O)CNC(=O)[C@H](Cc2ccccc2)NC1=O. The lowest BCUT2D eigenvalue weighted by atomic mass is 9.99. The summed E-state index contributed by atoms with van der Waals surface area (Å²) in [6.07, 6.45) is 0.205. The summed E-state index contributed by atoms with van der Waals surface area (Å²) < 4.78 is 0. The molecule has 0 aromatic heterocycles. The standard InChI is InChI=1S/C33H50N6O7/c1-19(2)15-23-30(43)35-24(17-22-11-8-7-9-12-22)29(42)34-18-27(41)39-14-10-13-26(39)31(44)37-25(16-20(3)4)33(46)38(6)28(21(5)40)32(45)36-23/h7-9,11-12,19-21,23-26,28,40H,10,13-18H2,1-6H3,(H,34,42)(H,35,43)(H,36,45)(H,37,44)/t21-,23+,24+,25+,26+,28+/m1/s1. The van der Waals surface area contributed by atoms with Crippen molar-refractivity contribution in [2.75, 3.05) is 20.1 Å². The molecule has 2 aliphatic rings. The van der Waals surface area contributed by atoms with Gasteiger partial charge in [0.25, 0.3) is 0 Å². The summed E-state index contributed by atoms with van der Waals surface area (Å²) in [5, 5.41) is 21.6. The molecule has 0 spiro atoms. The molecule has 3 rings (SSSR count). The molecule has 0 aliphatic carbocycles. The fourth-order valence-corrected chi connectivity index (χ4v) is 6.08. The summed E-state index contributed by atoms with van der Waals surface area (Å²) >= 11 is 0. The quantitative estimate of drug-likeness (QED) is 0.280. The summed E-state index contributed by atoms with van der Waals surface area (Å²) in [5.41, 5.74) is 0.766. The Morgan fingerprint density at radius 3 is 1.98 bits per heavy atom. The molecule has 0 saturated carbocycles. The molecular formula is C33H50N6O7. The second-order valence-electron chi connectivity index (χ2n) is 13.2. The van der Waals surface area contributed by atoms with Gasteiger partial charge in [0.15, 0.2) is 0 Å². The van der Waals surface area contributed by atoms with E-state index in [0.717, 1.165) is 10.5 Å². The van der Waals surface area contributed by atoms with Crippen molar-refractivity contribution in [2.45, 2.75) is 103 Å². The molecule has 13 heteroatoms. The minimum absolute atomic E-state index is 0.0150. The van der Waals surface area contributed by atoms with Gasteiger partial charge in [0.05, 0.1) is 12.6 Å². The molecule has 254 valence electrons. The minimum Gasteiger partial charge on any atom is -0.391 e. The Bertz CT molecular complexity index is 1250. The van der Waals surface area contributed by atoms with Crippen molar-refractivity contribution in [3.8, 4) is 0 Å². The number of fused-ring (bicyclic) bond motifs is 1. The van der Waals surface area contributed by atoms with Crippen LogP contribution in [0.1, 0.15) is 65.9 Å². The van der Waals surface area contributed by atoms with E-state index in [9.17, 15) is 33.9 Å². The van der Waals surface area contributed by atoms with E-state index in [4.69, 9.17) is 0 Å². The van der Waals surface area contributed by atoms with Gasteiger partial charge in [-0.2, -0.15) is 0 Å². The fourth-order valence-electron chi connectivity index (χ4n) is 6.08. The Labute approximate surface area is 271 Å². The van der Waals surface area contributed by atoms with Crippen LogP contribution in [0.5, 0.6) is 0 Å². The first-order valence-electron chi connectivity index (χ1n) is 16.2. The van der Waals surface area contributed by atoms with Crippen LogP contribution in [0.3, 0.4) is 0 Å². The summed E-state index contributed by atoms with van der Waals surface area (Å²) in [7, 11) is 1.38. The largest absolute Gasteiger partial charge is 0.391 e. The van der Waals surface area contributed by atoms with Gasteiger partial charge in [-0.05, 0) is 50.0 Å². The molecule has 5 N–H and O–H groups in total. The lowest BCUT2D eigenvalue weighted by molar-refractivity contribution is -0.147. The van der Waals surface area contributed by atoms with Crippen LogP contribution in [-0.2, 0) is 35.2 Å². The van der Waals surface area contributed by atoms with Crippen LogP contribution in [-0.4, -0.2) is 107 Å². The number of hydrogen-bond acceptors (Lipinski definition) is 7. The average Bonchev–Trinajstić information content (AvgIpc) is 3.48. The first kappa shape index (κ1) is 36.5. The van der Waals surface area contributed by atoms with Crippen LogP contribution in [0.2, 0.25) is 0 Å². The van der Waals surface area contributed by atoms with Gasteiger partial charge in [-0.3, -0.25) is 28.8 Å². The van der Waals surface area contributed by atoms with Gasteiger partial charge >= 0.3 is 0 Å². The summed E-state index contributed by atoms with van der Waals surface area (Å²) in [6.45, 7) is 8.81. The second-order valence-corrected chi connectivity index (χ2v) is 13.2. The molecule has 0 unspecified atom stereocenters. The van der Waals surface area contributed by atoms with Crippen molar-refractivity contribution in [3.63, 3.8) is 0 Å². The highest BCUT2D eigenvalue weighted by molar-refractivity contribution is 5.98. The summed E-state index contributed by atoms with van der Waals surface area (Å²) in [4.78, 5) is 84.0. The third kappa shape index (κ3) is 9.75. The molecule has 2 saturated heterocycles. The van der Waals surface area contributed by atoms with Gasteiger partial charge < -0.3 is 36.2 Å². The van der Waals surface area contributed by atoms with Crippen molar-refractivity contribution in [1.29, 1.82) is 0 Å². The van der Waals surface area contributed by atoms with Crippen molar-refractivity contribution in [3.05, 3.63) is 35.9 Å². The van der Waals surface area contributed by atoms with E-state index >= 15 is 0 Å². The highest BCUT2D eigenvalue weighted by Crippen LogP contribution is 2.20. The van der Waals surface area contributed by atoms with Gasteiger partial charge in [0, 0.05) is 20.0 Å². The van der Waals surface area contributed by atoms with Crippen LogP contribution >= 0.6 is 0 Å². The lowest BCUT2D eigenvalue weighted by Gasteiger charge is -2.35. The number of likely N-dealkylation sites (N-methyl/N-ethyl adjacent to an activating group) is 1. The Kier molecular flexibility index (Phi) is 13.1. The Balaban J connectivity index is 2.03. The maximum atomic E-state index is 13.8. The molecule has 6 amide bonds. The molecule has 46 heavy (non-hydrogen) atoms. The van der Waals surface area contributed by atoms with Crippen LogP contribution in [0.4, 0.5) is 0 Å². The second kappa shape index (κ2) is 16.5. The molecule has 2 heterocycles. The van der Waals surface area contributed by atoms with E-state index in [2.05, 4.69) is 21.3 Å². The summed E-state index contributed by atoms with van der Waals surface area (Å²) in [6, 6.07) is 3.62. The predicted octanol–water partition coefficient (Wildman–Crippen LogP) is 0.104. The minimum atomic E-state index is -1.38. The van der Waals surface area contributed by atoms with Crippen LogP contribution in [0.25, 0.3) is 0 Å². The number of nitrogens with one attached hydrogen (secondary N) is 4.